The molecule has 1 N–H and O–H groups in total. The van der Waals surface area contributed by atoms with E-state index >= 15 is 0 Å². The number of hydrogen-bond acceptors (Lipinski definition) is 2. The molecule has 4 nitrogen and oxygen atoms in total. The van der Waals surface area contributed by atoms with Crippen molar-refractivity contribution in [2.45, 2.75) is 58.0 Å². The minimum absolute atomic E-state index is 1.15. The molecule has 21 heavy (non-hydrogen) atoms. The Morgan fingerprint density at radius 2 is 1.76 bits per heavy atom. The first-order valence-corrected chi connectivity index (χ1v) is 8.24. The lowest BCUT2D eigenvalue weighted by molar-refractivity contribution is -0.0510. The van der Waals surface area contributed by atoms with Crippen LogP contribution in [0.15, 0.2) is 18.5 Å². The van der Waals surface area contributed by atoms with Gasteiger partial charge in [0.05, 0.1) is 0 Å². The van der Waals surface area contributed by atoms with Crippen LogP contribution in [-0.2, 0) is 23.1 Å². The third-order valence-corrected chi connectivity index (χ3v) is 3.37. The molecule has 0 atom stereocenters. The van der Waals surface area contributed by atoms with Gasteiger partial charge in [0.25, 0.3) is 0 Å². The van der Waals surface area contributed by atoms with Crippen molar-refractivity contribution < 1.29 is 26.1 Å². The summed E-state index contributed by atoms with van der Waals surface area (Å²) in [6, 6.07) is 2.22. The minimum atomic E-state index is -5.84. The average molecular weight is 329 g/mol. The lowest BCUT2D eigenvalue weighted by Gasteiger charge is -2.01. The van der Waals surface area contributed by atoms with Crippen LogP contribution in [0.1, 0.15) is 45.1 Å². The predicted molar refractivity (Wildman–Crippen MR) is 75.6 cm³/mol. The lowest BCUT2D eigenvalue weighted by atomic mass is 10.2. The SMILES string of the molecule is CCCCCCn1ccc(CC)c1.O=S(=O)(O)C(F)(F)F. The van der Waals surface area contributed by atoms with Gasteiger partial charge in [-0.2, -0.15) is 21.6 Å². The summed E-state index contributed by atoms with van der Waals surface area (Å²) in [5.41, 5.74) is -4.08. The molecular weight excluding hydrogens is 307 g/mol. The maximum Gasteiger partial charge on any atom is 0.522 e. The van der Waals surface area contributed by atoms with Gasteiger partial charge in [-0.15, -0.1) is 0 Å². The molecule has 0 radical (unpaired) electrons. The molecule has 0 aliphatic rings. The maximum absolute atomic E-state index is 10.7. The molecule has 0 fully saturated rings. The van der Waals surface area contributed by atoms with Crippen LogP contribution in [0.5, 0.6) is 0 Å². The number of hydrogen-bond donors (Lipinski definition) is 1. The van der Waals surface area contributed by atoms with Gasteiger partial charge in [0.1, 0.15) is 0 Å². The zero-order valence-electron chi connectivity index (χ0n) is 12.2. The molecule has 0 unspecified atom stereocenters. The van der Waals surface area contributed by atoms with Gasteiger partial charge in [-0.3, -0.25) is 4.55 Å². The van der Waals surface area contributed by atoms with E-state index in [0.717, 1.165) is 6.42 Å². The number of halogens is 3. The van der Waals surface area contributed by atoms with Gasteiger partial charge in [-0.25, -0.2) is 0 Å². The first-order chi connectivity index (χ1) is 9.61. The molecule has 0 aromatic carbocycles. The summed E-state index contributed by atoms with van der Waals surface area (Å²) < 4.78 is 59.9. The van der Waals surface area contributed by atoms with Gasteiger partial charge in [0, 0.05) is 18.9 Å². The van der Waals surface area contributed by atoms with Gasteiger partial charge in [-0.05, 0) is 24.5 Å². The van der Waals surface area contributed by atoms with Crippen LogP contribution in [0.3, 0.4) is 0 Å². The lowest BCUT2D eigenvalue weighted by Crippen LogP contribution is -2.21. The average Bonchev–Trinajstić information content (AvgIpc) is 2.81. The second kappa shape index (κ2) is 9.09. The van der Waals surface area contributed by atoms with Crippen LogP contribution >= 0.6 is 0 Å². The highest BCUT2D eigenvalue weighted by Gasteiger charge is 2.44. The number of unbranched alkanes of at least 4 members (excludes halogenated alkanes) is 3. The number of rotatable bonds is 6. The summed E-state index contributed by atoms with van der Waals surface area (Å²) in [4.78, 5) is 0. The summed E-state index contributed by atoms with van der Waals surface area (Å²) in [5.74, 6) is 0. The maximum atomic E-state index is 10.7. The predicted octanol–water partition coefficient (Wildman–Crippen LogP) is 4.02. The third kappa shape index (κ3) is 8.77. The third-order valence-electron chi connectivity index (χ3n) is 2.78. The first kappa shape index (κ1) is 20.0. The van der Waals surface area contributed by atoms with E-state index in [0.29, 0.717) is 0 Å². The second-order valence-corrected chi connectivity index (χ2v) is 6.01. The van der Waals surface area contributed by atoms with Gasteiger partial charge < -0.3 is 4.57 Å². The molecule has 0 aliphatic heterocycles. The minimum Gasteiger partial charge on any atom is -0.354 e. The van der Waals surface area contributed by atoms with Crippen molar-refractivity contribution in [2.24, 2.45) is 0 Å². The quantitative estimate of drug-likeness (QED) is 0.487. The van der Waals surface area contributed by atoms with Crippen molar-refractivity contribution in [3.8, 4) is 0 Å². The first-order valence-electron chi connectivity index (χ1n) is 6.80. The van der Waals surface area contributed by atoms with Crippen molar-refractivity contribution in [3.63, 3.8) is 0 Å². The molecule has 0 bridgehead atoms. The van der Waals surface area contributed by atoms with E-state index in [1.54, 1.807) is 0 Å². The highest BCUT2D eigenvalue weighted by atomic mass is 32.2. The monoisotopic (exact) mass is 329 g/mol. The smallest absolute Gasteiger partial charge is 0.354 e. The fourth-order valence-electron chi connectivity index (χ4n) is 1.56. The Bertz CT molecular complexity index is 495. The van der Waals surface area contributed by atoms with Gasteiger partial charge >= 0.3 is 15.6 Å². The Hall–Kier alpha value is -1.02. The highest BCUT2D eigenvalue weighted by Crippen LogP contribution is 2.20. The number of nitrogens with zero attached hydrogens (tertiary/aromatic N) is 1. The Labute approximate surface area is 123 Å². The fourth-order valence-corrected chi connectivity index (χ4v) is 1.56. The molecule has 0 aliphatic carbocycles. The van der Waals surface area contributed by atoms with Crippen molar-refractivity contribution >= 4 is 10.1 Å². The zero-order chi connectivity index (χ0) is 16.5. The normalized spacial score (nSPS) is 11.9. The van der Waals surface area contributed by atoms with Crippen molar-refractivity contribution in [1.29, 1.82) is 0 Å². The molecular formula is C13H22F3NO3S. The van der Waals surface area contributed by atoms with Crippen LogP contribution in [0, 0.1) is 0 Å². The van der Waals surface area contributed by atoms with Gasteiger partial charge in [0.2, 0.25) is 0 Å². The summed E-state index contributed by atoms with van der Waals surface area (Å²) in [6.45, 7) is 5.65. The van der Waals surface area contributed by atoms with Gasteiger partial charge in [-0.1, -0.05) is 33.1 Å². The van der Waals surface area contributed by atoms with Gasteiger partial charge in [0.15, 0.2) is 0 Å². The van der Waals surface area contributed by atoms with E-state index < -0.39 is 15.6 Å². The molecule has 0 spiro atoms. The van der Waals surface area contributed by atoms with Crippen LogP contribution in [0.4, 0.5) is 13.2 Å². The molecule has 124 valence electrons. The Morgan fingerprint density at radius 1 is 1.19 bits per heavy atom. The Balaban J connectivity index is 0.000000433. The number of alkyl halides is 3. The van der Waals surface area contributed by atoms with E-state index in [2.05, 4.69) is 36.9 Å². The van der Waals surface area contributed by atoms with Crippen LogP contribution in [0.2, 0.25) is 0 Å². The Morgan fingerprint density at radius 3 is 2.14 bits per heavy atom. The van der Waals surface area contributed by atoms with Crippen LogP contribution in [-0.4, -0.2) is 23.0 Å². The van der Waals surface area contributed by atoms with Crippen LogP contribution < -0.4 is 0 Å². The number of aromatic nitrogens is 1. The fraction of sp³-hybridized carbons (Fsp3) is 0.692. The van der Waals surface area contributed by atoms with E-state index in [-0.39, 0.29) is 0 Å². The highest BCUT2D eigenvalue weighted by molar-refractivity contribution is 7.86. The standard InChI is InChI=1S/C12H21N.CHF3O3S/c1-3-5-6-7-9-13-10-8-12(4-2)11-13;2-1(3,4)8(5,6)7/h8,10-11H,3-7,9H2,1-2H3;(H,5,6,7). The summed E-state index contributed by atoms with van der Waals surface area (Å²) in [6.07, 6.45) is 11.0. The zero-order valence-corrected chi connectivity index (χ0v) is 13.0. The van der Waals surface area contributed by atoms with E-state index in [1.807, 2.05) is 0 Å². The summed E-state index contributed by atoms with van der Waals surface area (Å²) in [5, 5.41) is 0. The molecule has 0 amide bonds. The van der Waals surface area contributed by atoms with E-state index in [1.165, 1.54) is 37.8 Å². The van der Waals surface area contributed by atoms with Crippen molar-refractivity contribution in [1.82, 2.24) is 4.57 Å². The molecule has 1 heterocycles. The van der Waals surface area contributed by atoms with E-state index in [4.69, 9.17) is 13.0 Å². The largest absolute Gasteiger partial charge is 0.522 e. The molecule has 8 heteroatoms. The van der Waals surface area contributed by atoms with E-state index in [9.17, 15) is 13.2 Å². The Kier molecular flexibility index (Phi) is 8.65. The molecule has 1 aromatic heterocycles. The number of aryl methyl sites for hydroxylation is 2. The van der Waals surface area contributed by atoms with Crippen LogP contribution in [0.25, 0.3) is 0 Å². The molecule has 0 saturated heterocycles. The second-order valence-electron chi connectivity index (χ2n) is 4.59. The summed E-state index contributed by atoms with van der Waals surface area (Å²) >= 11 is 0. The topological polar surface area (TPSA) is 59.3 Å². The molecule has 1 rings (SSSR count). The van der Waals surface area contributed by atoms with Crippen molar-refractivity contribution in [2.75, 3.05) is 0 Å². The molecule has 1 aromatic rings. The van der Waals surface area contributed by atoms with Crippen molar-refractivity contribution in [3.05, 3.63) is 24.0 Å². The summed E-state index contributed by atoms with van der Waals surface area (Å²) in [7, 11) is -5.84. The molecule has 0 saturated carbocycles.